The van der Waals surface area contributed by atoms with Gasteiger partial charge in [-0.1, -0.05) is 13.3 Å². The van der Waals surface area contributed by atoms with Gasteiger partial charge in [-0.05, 0) is 25.5 Å². The molecular formula is C11H22N2O3S. The van der Waals surface area contributed by atoms with Gasteiger partial charge in [0.1, 0.15) is 6.04 Å². The van der Waals surface area contributed by atoms with Crippen molar-refractivity contribution in [2.24, 2.45) is 5.73 Å². The Morgan fingerprint density at radius 3 is 2.59 bits per heavy atom. The highest BCUT2D eigenvalue weighted by atomic mass is 32.2. The normalized spacial score (nSPS) is 14.1. The lowest BCUT2D eigenvalue weighted by atomic mass is 10.2. The van der Waals surface area contributed by atoms with Crippen LogP contribution in [0.2, 0.25) is 0 Å². The average molecular weight is 262 g/mol. The lowest BCUT2D eigenvalue weighted by molar-refractivity contribution is -0.138. The van der Waals surface area contributed by atoms with Crippen molar-refractivity contribution < 1.29 is 14.7 Å². The fraction of sp³-hybridized carbons (Fsp3) is 0.818. The highest BCUT2D eigenvalue weighted by Crippen LogP contribution is 2.04. The Kier molecular flexibility index (Phi) is 8.89. The number of amides is 1. The minimum atomic E-state index is -0.994. The summed E-state index contributed by atoms with van der Waals surface area (Å²) in [6.07, 6.45) is 2.40. The number of aliphatic carboxylic acids is 1. The molecule has 0 radical (unpaired) electrons. The van der Waals surface area contributed by atoms with Gasteiger partial charge in [-0.15, -0.1) is 0 Å². The maximum atomic E-state index is 11.4. The summed E-state index contributed by atoms with van der Waals surface area (Å²) in [4.78, 5) is 21.9. The molecule has 17 heavy (non-hydrogen) atoms. The predicted molar refractivity (Wildman–Crippen MR) is 70.1 cm³/mol. The summed E-state index contributed by atoms with van der Waals surface area (Å²) >= 11 is 1.41. The van der Waals surface area contributed by atoms with Crippen LogP contribution in [0.15, 0.2) is 0 Å². The lowest BCUT2D eigenvalue weighted by Crippen LogP contribution is -2.34. The number of carbonyl (C=O) groups excluding carboxylic acids is 1. The largest absolute Gasteiger partial charge is 0.480 e. The van der Waals surface area contributed by atoms with Gasteiger partial charge in [0, 0.05) is 6.04 Å². The third-order valence-corrected chi connectivity index (χ3v) is 3.24. The Bertz CT molecular complexity index is 249. The summed E-state index contributed by atoms with van der Waals surface area (Å²) < 4.78 is 0. The number of carboxylic acid groups (broad SMARTS) is 1. The number of hydrogen-bond donors (Lipinski definition) is 3. The molecule has 0 aromatic heterocycles. The zero-order chi connectivity index (χ0) is 13.3. The van der Waals surface area contributed by atoms with E-state index in [0.717, 1.165) is 12.8 Å². The van der Waals surface area contributed by atoms with E-state index in [9.17, 15) is 9.59 Å². The van der Waals surface area contributed by atoms with E-state index in [4.69, 9.17) is 10.8 Å². The first-order chi connectivity index (χ1) is 7.97. The molecule has 100 valence electrons. The first-order valence-corrected chi connectivity index (χ1v) is 6.98. The molecule has 4 N–H and O–H groups in total. The molecule has 0 rings (SSSR count). The van der Waals surface area contributed by atoms with Crippen molar-refractivity contribution in [3.8, 4) is 0 Å². The monoisotopic (exact) mass is 262 g/mol. The van der Waals surface area contributed by atoms with Crippen LogP contribution in [-0.4, -0.2) is 40.6 Å². The fourth-order valence-corrected chi connectivity index (χ4v) is 2.15. The van der Waals surface area contributed by atoms with Gasteiger partial charge in [-0.3, -0.25) is 9.59 Å². The smallest absolute Gasteiger partial charge is 0.320 e. The summed E-state index contributed by atoms with van der Waals surface area (Å²) in [5.41, 5.74) is 5.34. The van der Waals surface area contributed by atoms with E-state index >= 15 is 0 Å². The molecule has 0 aromatic rings. The molecule has 0 fully saturated rings. The molecule has 0 heterocycles. The van der Waals surface area contributed by atoms with E-state index in [2.05, 4.69) is 12.2 Å². The van der Waals surface area contributed by atoms with Crippen LogP contribution < -0.4 is 11.1 Å². The van der Waals surface area contributed by atoms with E-state index in [-0.39, 0.29) is 11.9 Å². The van der Waals surface area contributed by atoms with Gasteiger partial charge in [0.25, 0.3) is 0 Å². The van der Waals surface area contributed by atoms with E-state index in [1.807, 2.05) is 6.92 Å². The summed E-state index contributed by atoms with van der Waals surface area (Å²) in [5, 5.41) is 11.4. The Labute approximate surface area is 107 Å². The Balaban J connectivity index is 3.55. The van der Waals surface area contributed by atoms with Crippen LogP contribution in [-0.2, 0) is 9.59 Å². The van der Waals surface area contributed by atoms with Crippen LogP contribution in [0.5, 0.6) is 0 Å². The molecule has 0 aliphatic carbocycles. The van der Waals surface area contributed by atoms with Gasteiger partial charge < -0.3 is 16.2 Å². The van der Waals surface area contributed by atoms with E-state index in [1.54, 1.807) is 0 Å². The molecular weight excluding hydrogens is 240 g/mol. The summed E-state index contributed by atoms with van der Waals surface area (Å²) in [6.45, 7) is 4.05. The molecule has 2 atom stereocenters. The Morgan fingerprint density at radius 1 is 1.41 bits per heavy atom. The topological polar surface area (TPSA) is 92.4 Å². The molecule has 0 saturated carbocycles. The van der Waals surface area contributed by atoms with Crippen molar-refractivity contribution in [1.29, 1.82) is 0 Å². The second-order valence-electron chi connectivity index (χ2n) is 4.04. The zero-order valence-corrected chi connectivity index (χ0v) is 11.3. The van der Waals surface area contributed by atoms with Gasteiger partial charge >= 0.3 is 5.97 Å². The maximum absolute atomic E-state index is 11.4. The van der Waals surface area contributed by atoms with Gasteiger partial charge in [-0.25, -0.2) is 0 Å². The predicted octanol–water partition coefficient (Wildman–Crippen LogP) is 0.826. The van der Waals surface area contributed by atoms with Crippen LogP contribution in [0, 0.1) is 0 Å². The van der Waals surface area contributed by atoms with Gasteiger partial charge in [0.2, 0.25) is 5.91 Å². The maximum Gasteiger partial charge on any atom is 0.320 e. The number of carbonyl (C=O) groups is 2. The van der Waals surface area contributed by atoms with Crippen LogP contribution in [0.3, 0.4) is 0 Å². The number of hydrogen-bond acceptors (Lipinski definition) is 4. The van der Waals surface area contributed by atoms with E-state index < -0.39 is 12.0 Å². The summed E-state index contributed by atoms with van der Waals surface area (Å²) in [6, 6.07) is -0.626. The molecule has 0 aliphatic rings. The molecule has 0 aromatic carbocycles. The highest BCUT2D eigenvalue weighted by molar-refractivity contribution is 7.99. The average Bonchev–Trinajstić information content (AvgIpc) is 2.24. The standard InChI is InChI=1S/C11H22N2O3S/c1-3-4-8(2)13-10(14)7-17-6-5-9(12)11(15)16/h8-9H,3-7,12H2,1-2H3,(H,13,14)(H,15,16). The van der Waals surface area contributed by atoms with Gasteiger partial charge in [0.15, 0.2) is 0 Å². The Hall–Kier alpha value is -0.750. The van der Waals surface area contributed by atoms with Crippen molar-refractivity contribution in [1.82, 2.24) is 5.32 Å². The highest BCUT2D eigenvalue weighted by Gasteiger charge is 2.11. The van der Waals surface area contributed by atoms with E-state index in [1.165, 1.54) is 11.8 Å². The second-order valence-corrected chi connectivity index (χ2v) is 5.15. The Morgan fingerprint density at radius 2 is 2.06 bits per heavy atom. The molecule has 0 spiro atoms. The molecule has 6 heteroatoms. The van der Waals surface area contributed by atoms with E-state index in [0.29, 0.717) is 17.9 Å². The number of nitrogens with two attached hydrogens (primary N) is 1. The minimum Gasteiger partial charge on any atom is -0.480 e. The molecule has 0 saturated heterocycles. The quantitative estimate of drug-likeness (QED) is 0.535. The third kappa shape index (κ3) is 9.00. The van der Waals surface area contributed by atoms with Crippen molar-refractivity contribution in [3.05, 3.63) is 0 Å². The molecule has 1 amide bonds. The van der Waals surface area contributed by atoms with Crippen LogP contribution in [0.4, 0.5) is 0 Å². The van der Waals surface area contributed by atoms with Crippen LogP contribution in [0.1, 0.15) is 33.1 Å². The number of nitrogens with one attached hydrogen (secondary N) is 1. The number of thioether (sulfide) groups is 1. The van der Waals surface area contributed by atoms with Gasteiger partial charge in [-0.2, -0.15) is 11.8 Å². The lowest BCUT2D eigenvalue weighted by Gasteiger charge is -2.12. The molecule has 0 bridgehead atoms. The van der Waals surface area contributed by atoms with Crippen molar-refractivity contribution in [2.45, 2.75) is 45.2 Å². The first kappa shape index (κ1) is 16.2. The second kappa shape index (κ2) is 9.30. The molecule has 0 aliphatic heterocycles. The minimum absolute atomic E-state index is 0.000142. The van der Waals surface area contributed by atoms with Crippen LogP contribution in [0.25, 0.3) is 0 Å². The summed E-state index contributed by atoms with van der Waals surface area (Å²) in [5.74, 6) is -0.0462. The zero-order valence-electron chi connectivity index (χ0n) is 10.4. The number of rotatable bonds is 9. The first-order valence-electron chi connectivity index (χ1n) is 5.82. The SMILES string of the molecule is CCCC(C)NC(=O)CSCCC(N)C(=O)O. The van der Waals surface area contributed by atoms with Crippen LogP contribution >= 0.6 is 11.8 Å². The molecule has 5 nitrogen and oxygen atoms in total. The fourth-order valence-electron chi connectivity index (χ4n) is 1.32. The molecule has 2 unspecified atom stereocenters. The van der Waals surface area contributed by atoms with Crippen molar-refractivity contribution in [2.75, 3.05) is 11.5 Å². The van der Waals surface area contributed by atoms with Crippen molar-refractivity contribution in [3.63, 3.8) is 0 Å². The third-order valence-electron chi connectivity index (χ3n) is 2.25. The van der Waals surface area contributed by atoms with Gasteiger partial charge in [0.05, 0.1) is 5.75 Å². The summed E-state index contributed by atoms with van der Waals surface area (Å²) in [7, 11) is 0. The number of carboxylic acids is 1. The van der Waals surface area contributed by atoms with Crippen molar-refractivity contribution >= 4 is 23.6 Å².